The predicted octanol–water partition coefficient (Wildman–Crippen LogP) is 3.73. The quantitative estimate of drug-likeness (QED) is 0.910. The standard InChI is InChI=1S/C18H24N2O3/c1-4-22-16-9-5-7-14(18(16)21)11-20-10-6-8-15(20)17-12(2)19-23-13(17)3/h5,7,9,15,21H,4,6,8,10-11H2,1-3H3/t15-/m1/s1. The van der Waals surface area contributed by atoms with E-state index in [0.717, 1.165) is 36.4 Å². The number of ether oxygens (including phenoxy) is 1. The Morgan fingerprint density at radius 1 is 1.39 bits per heavy atom. The van der Waals surface area contributed by atoms with Crippen molar-refractivity contribution >= 4 is 0 Å². The van der Waals surface area contributed by atoms with E-state index in [1.807, 2.05) is 32.9 Å². The van der Waals surface area contributed by atoms with Gasteiger partial charge < -0.3 is 14.4 Å². The summed E-state index contributed by atoms with van der Waals surface area (Å²) < 4.78 is 10.8. The highest BCUT2D eigenvalue weighted by Crippen LogP contribution is 2.38. The molecule has 0 aliphatic carbocycles. The van der Waals surface area contributed by atoms with Crippen LogP contribution in [0, 0.1) is 13.8 Å². The van der Waals surface area contributed by atoms with Crippen molar-refractivity contribution in [3.05, 3.63) is 40.8 Å². The zero-order chi connectivity index (χ0) is 16.4. The molecule has 0 amide bonds. The maximum atomic E-state index is 10.4. The maximum absolute atomic E-state index is 10.4. The molecule has 2 heterocycles. The third-order valence-corrected chi connectivity index (χ3v) is 4.54. The van der Waals surface area contributed by atoms with Crippen LogP contribution >= 0.6 is 0 Å². The van der Waals surface area contributed by atoms with Crippen molar-refractivity contribution in [2.75, 3.05) is 13.2 Å². The van der Waals surface area contributed by atoms with Crippen molar-refractivity contribution in [3.63, 3.8) is 0 Å². The first kappa shape index (κ1) is 15.9. The van der Waals surface area contributed by atoms with Gasteiger partial charge in [-0.3, -0.25) is 4.90 Å². The number of likely N-dealkylation sites (tertiary alicyclic amines) is 1. The SMILES string of the molecule is CCOc1cccc(CN2CCC[C@@H]2c2c(C)noc2C)c1O. The number of benzene rings is 1. The van der Waals surface area contributed by atoms with Gasteiger partial charge in [-0.25, -0.2) is 0 Å². The van der Waals surface area contributed by atoms with Crippen molar-refractivity contribution in [1.82, 2.24) is 10.1 Å². The number of phenols is 1. The Bertz CT molecular complexity index is 661. The van der Waals surface area contributed by atoms with Gasteiger partial charge in [0, 0.05) is 23.7 Å². The van der Waals surface area contributed by atoms with Crippen LogP contribution in [0.5, 0.6) is 11.5 Å². The Morgan fingerprint density at radius 2 is 2.22 bits per heavy atom. The predicted molar refractivity (Wildman–Crippen MR) is 87.6 cm³/mol. The topological polar surface area (TPSA) is 58.7 Å². The van der Waals surface area contributed by atoms with E-state index in [1.54, 1.807) is 6.07 Å². The number of hydrogen-bond acceptors (Lipinski definition) is 5. The number of aromatic nitrogens is 1. The smallest absolute Gasteiger partial charge is 0.162 e. The largest absolute Gasteiger partial charge is 0.504 e. The molecule has 124 valence electrons. The summed E-state index contributed by atoms with van der Waals surface area (Å²) in [7, 11) is 0. The molecule has 0 bridgehead atoms. The third kappa shape index (κ3) is 3.06. The minimum atomic E-state index is 0.249. The molecule has 0 saturated carbocycles. The Labute approximate surface area is 136 Å². The normalized spacial score (nSPS) is 18.5. The summed E-state index contributed by atoms with van der Waals surface area (Å²) in [5, 5.41) is 14.5. The fourth-order valence-electron chi connectivity index (χ4n) is 3.49. The minimum absolute atomic E-state index is 0.249. The lowest BCUT2D eigenvalue weighted by Gasteiger charge is -2.25. The van der Waals surface area contributed by atoms with E-state index in [9.17, 15) is 5.11 Å². The summed E-state index contributed by atoms with van der Waals surface area (Å²) in [4.78, 5) is 2.39. The number of rotatable bonds is 5. The van der Waals surface area contributed by atoms with Gasteiger partial charge in [-0.15, -0.1) is 0 Å². The molecule has 5 nitrogen and oxygen atoms in total. The lowest BCUT2D eigenvalue weighted by Crippen LogP contribution is -2.23. The Kier molecular flexibility index (Phi) is 4.57. The van der Waals surface area contributed by atoms with E-state index in [0.29, 0.717) is 24.9 Å². The van der Waals surface area contributed by atoms with E-state index in [1.165, 1.54) is 5.56 Å². The lowest BCUT2D eigenvalue weighted by atomic mass is 10.0. The summed E-state index contributed by atoms with van der Waals surface area (Å²) in [6.07, 6.45) is 2.23. The van der Waals surface area contributed by atoms with Crippen LogP contribution in [0.1, 0.15) is 48.4 Å². The average molecular weight is 316 g/mol. The highest BCUT2D eigenvalue weighted by atomic mass is 16.5. The second-order valence-electron chi connectivity index (χ2n) is 6.06. The Balaban J connectivity index is 1.84. The average Bonchev–Trinajstić information content (AvgIpc) is 3.10. The molecular weight excluding hydrogens is 292 g/mol. The van der Waals surface area contributed by atoms with Crippen LogP contribution in [0.2, 0.25) is 0 Å². The molecule has 1 aliphatic heterocycles. The van der Waals surface area contributed by atoms with Crippen molar-refractivity contribution in [2.45, 2.75) is 46.2 Å². The first-order chi connectivity index (χ1) is 11.1. The molecule has 1 aromatic carbocycles. The van der Waals surface area contributed by atoms with E-state index in [2.05, 4.69) is 10.1 Å². The number of nitrogens with zero attached hydrogens (tertiary/aromatic N) is 2. The number of phenolic OH excluding ortho intramolecular Hbond substituents is 1. The molecule has 1 aromatic heterocycles. The molecular formula is C18H24N2O3. The number of para-hydroxylation sites is 1. The highest BCUT2D eigenvalue weighted by Gasteiger charge is 2.31. The van der Waals surface area contributed by atoms with Crippen LogP contribution in [0.25, 0.3) is 0 Å². The highest BCUT2D eigenvalue weighted by molar-refractivity contribution is 5.45. The second kappa shape index (κ2) is 6.62. The minimum Gasteiger partial charge on any atom is -0.504 e. The van der Waals surface area contributed by atoms with Gasteiger partial charge in [-0.1, -0.05) is 17.3 Å². The molecule has 1 atom stereocenters. The maximum Gasteiger partial charge on any atom is 0.162 e. The van der Waals surface area contributed by atoms with Crippen LogP contribution in [0.15, 0.2) is 22.7 Å². The Hall–Kier alpha value is -2.01. The van der Waals surface area contributed by atoms with Gasteiger partial charge in [-0.05, 0) is 46.2 Å². The van der Waals surface area contributed by atoms with Crippen molar-refractivity contribution in [1.29, 1.82) is 0 Å². The van der Waals surface area contributed by atoms with Gasteiger partial charge in [0.25, 0.3) is 0 Å². The molecule has 1 saturated heterocycles. The molecule has 1 N–H and O–H groups in total. The fourth-order valence-corrected chi connectivity index (χ4v) is 3.49. The Morgan fingerprint density at radius 3 is 2.91 bits per heavy atom. The van der Waals surface area contributed by atoms with Gasteiger partial charge in [-0.2, -0.15) is 0 Å². The van der Waals surface area contributed by atoms with Gasteiger partial charge in [0.2, 0.25) is 0 Å². The summed E-state index contributed by atoms with van der Waals surface area (Å²) in [6.45, 7) is 8.13. The fraction of sp³-hybridized carbons (Fsp3) is 0.500. The van der Waals surface area contributed by atoms with Crippen molar-refractivity contribution in [2.24, 2.45) is 0 Å². The molecule has 23 heavy (non-hydrogen) atoms. The zero-order valence-corrected chi connectivity index (χ0v) is 14.0. The molecule has 3 rings (SSSR count). The van der Waals surface area contributed by atoms with Crippen molar-refractivity contribution < 1.29 is 14.4 Å². The molecule has 0 spiro atoms. The van der Waals surface area contributed by atoms with Gasteiger partial charge in [0.15, 0.2) is 11.5 Å². The van der Waals surface area contributed by atoms with Crippen LogP contribution in [0.3, 0.4) is 0 Å². The molecule has 1 fully saturated rings. The first-order valence-electron chi connectivity index (χ1n) is 8.22. The van der Waals surface area contributed by atoms with E-state index in [4.69, 9.17) is 9.26 Å². The lowest BCUT2D eigenvalue weighted by molar-refractivity contribution is 0.240. The summed E-state index contributed by atoms with van der Waals surface area (Å²) in [5.41, 5.74) is 3.06. The first-order valence-corrected chi connectivity index (χ1v) is 8.22. The van der Waals surface area contributed by atoms with Gasteiger partial charge in [0.1, 0.15) is 5.76 Å². The zero-order valence-electron chi connectivity index (χ0n) is 14.0. The third-order valence-electron chi connectivity index (χ3n) is 4.54. The van der Waals surface area contributed by atoms with Crippen molar-refractivity contribution in [3.8, 4) is 11.5 Å². The van der Waals surface area contributed by atoms with Crippen LogP contribution in [-0.2, 0) is 6.54 Å². The summed E-state index contributed by atoms with van der Waals surface area (Å²) in [5.74, 6) is 1.70. The summed E-state index contributed by atoms with van der Waals surface area (Å²) in [6, 6.07) is 6.00. The van der Waals surface area contributed by atoms with Crippen LogP contribution in [-0.4, -0.2) is 28.3 Å². The van der Waals surface area contributed by atoms with Gasteiger partial charge >= 0.3 is 0 Å². The molecule has 5 heteroatoms. The summed E-state index contributed by atoms with van der Waals surface area (Å²) >= 11 is 0. The van der Waals surface area contributed by atoms with Gasteiger partial charge in [0.05, 0.1) is 12.3 Å². The van der Waals surface area contributed by atoms with E-state index in [-0.39, 0.29) is 5.75 Å². The van der Waals surface area contributed by atoms with Crippen LogP contribution in [0.4, 0.5) is 0 Å². The monoisotopic (exact) mass is 316 g/mol. The molecule has 0 radical (unpaired) electrons. The van der Waals surface area contributed by atoms with E-state index >= 15 is 0 Å². The number of hydrogen-bond donors (Lipinski definition) is 1. The molecule has 0 unspecified atom stereocenters. The molecule has 1 aliphatic rings. The second-order valence-corrected chi connectivity index (χ2v) is 6.06. The molecule has 2 aromatic rings. The van der Waals surface area contributed by atoms with Crippen LogP contribution < -0.4 is 4.74 Å². The van der Waals surface area contributed by atoms with E-state index < -0.39 is 0 Å². The number of aryl methyl sites for hydroxylation is 2. The number of aromatic hydroxyl groups is 1.